The van der Waals surface area contributed by atoms with Gasteiger partial charge in [-0.2, -0.15) is 5.10 Å². The quantitative estimate of drug-likeness (QED) is 0.418. The summed E-state index contributed by atoms with van der Waals surface area (Å²) < 4.78 is 7.09. The molecular weight excluding hydrogens is 286 g/mol. The zero-order chi connectivity index (χ0) is 15.5. The van der Waals surface area contributed by atoms with Crippen molar-refractivity contribution in [3.63, 3.8) is 0 Å². The largest absolute Gasteiger partial charge is 0.455 e. The van der Waals surface area contributed by atoms with Gasteiger partial charge in [-0.3, -0.25) is 10.1 Å². The van der Waals surface area contributed by atoms with E-state index in [1.807, 2.05) is 6.92 Å². The van der Waals surface area contributed by atoms with Gasteiger partial charge in [0.15, 0.2) is 0 Å². The average Bonchev–Trinajstić information content (AvgIpc) is 3.17. The number of nitro benzene ring substituents is 1. The Morgan fingerprint density at radius 1 is 1.27 bits per heavy atom. The maximum Gasteiger partial charge on any atom is 0.270 e. The number of aryl methyl sites for hydroxylation is 1. The highest BCUT2D eigenvalue weighted by Crippen LogP contribution is 2.28. The van der Waals surface area contributed by atoms with Crippen LogP contribution in [0.3, 0.4) is 0 Å². The molecule has 110 valence electrons. The van der Waals surface area contributed by atoms with Crippen LogP contribution in [0.25, 0.3) is 11.3 Å². The maximum absolute atomic E-state index is 10.9. The molecule has 0 N–H and O–H groups in total. The number of aromatic nitrogens is 3. The van der Waals surface area contributed by atoms with Crippen LogP contribution in [0.2, 0.25) is 0 Å². The van der Waals surface area contributed by atoms with Gasteiger partial charge in [0.05, 0.1) is 11.1 Å². The van der Waals surface area contributed by atoms with E-state index in [-0.39, 0.29) is 5.69 Å². The number of furan rings is 1. The smallest absolute Gasteiger partial charge is 0.270 e. The molecule has 0 bridgehead atoms. The molecule has 0 spiro atoms. The van der Waals surface area contributed by atoms with E-state index in [4.69, 9.17) is 4.42 Å². The van der Waals surface area contributed by atoms with E-state index in [1.165, 1.54) is 35.7 Å². The monoisotopic (exact) mass is 297 g/mol. The number of rotatable bonds is 4. The standard InChI is InChI=1S/C14H11N5O3/c1-10-2-3-11(19(20)21)6-13(10)14-5-4-12(22-14)7-17-18-8-15-16-9-18/h2-9H,1H3/b17-7-. The number of nitro groups is 1. The number of hydrogen-bond donors (Lipinski definition) is 0. The summed E-state index contributed by atoms with van der Waals surface area (Å²) in [6.45, 7) is 1.87. The van der Waals surface area contributed by atoms with Crippen molar-refractivity contribution < 1.29 is 9.34 Å². The van der Waals surface area contributed by atoms with Gasteiger partial charge in [0.2, 0.25) is 0 Å². The first-order valence-corrected chi connectivity index (χ1v) is 6.38. The molecule has 1 aromatic carbocycles. The van der Waals surface area contributed by atoms with Crippen LogP contribution in [0.1, 0.15) is 11.3 Å². The fraction of sp³-hybridized carbons (Fsp3) is 0.0714. The summed E-state index contributed by atoms with van der Waals surface area (Å²) in [5.74, 6) is 1.07. The molecule has 0 saturated heterocycles. The fourth-order valence-corrected chi connectivity index (χ4v) is 1.93. The van der Waals surface area contributed by atoms with E-state index in [0.717, 1.165) is 5.56 Å². The van der Waals surface area contributed by atoms with Crippen LogP contribution >= 0.6 is 0 Å². The average molecular weight is 297 g/mol. The van der Waals surface area contributed by atoms with Gasteiger partial charge in [-0.1, -0.05) is 6.07 Å². The highest BCUT2D eigenvalue weighted by atomic mass is 16.6. The molecule has 0 aliphatic heterocycles. The molecule has 0 fully saturated rings. The Hall–Kier alpha value is -3.29. The second kappa shape index (κ2) is 5.60. The summed E-state index contributed by atoms with van der Waals surface area (Å²) in [7, 11) is 0. The van der Waals surface area contributed by atoms with E-state index >= 15 is 0 Å². The molecule has 0 aliphatic rings. The van der Waals surface area contributed by atoms with Crippen molar-refractivity contribution in [3.8, 4) is 11.3 Å². The molecule has 3 aromatic rings. The molecule has 2 heterocycles. The minimum absolute atomic E-state index is 0.0247. The first kappa shape index (κ1) is 13.7. The van der Waals surface area contributed by atoms with Gasteiger partial charge < -0.3 is 4.42 Å². The Kier molecular flexibility index (Phi) is 3.48. The van der Waals surface area contributed by atoms with Crippen molar-refractivity contribution in [1.82, 2.24) is 14.9 Å². The van der Waals surface area contributed by atoms with Gasteiger partial charge in [0.1, 0.15) is 24.2 Å². The number of benzene rings is 1. The first-order valence-electron chi connectivity index (χ1n) is 6.38. The van der Waals surface area contributed by atoms with Gasteiger partial charge in [0.25, 0.3) is 5.69 Å². The highest BCUT2D eigenvalue weighted by molar-refractivity contribution is 5.77. The topological polar surface area (TPSA) is 99.3 Å². The van der Waals surface area contributed by atoms with Crippen molar-refractivity contribution >= 4 is 11.9 Å². The minimum Gasteiger partial charge on any atom is -0.455 e. The molecule has 0 atom stereocenters. The lowest BCUT2D eigenvalue weighted by Crippen LogP contribution is -1.90. The first-order chi connectivity index (χ1) is 10.6. The molecule has 8 heteroatoms. The summed E-state index contributed by atoms with van der Waals surface area (Å²) >= 11 is 0. The van der Waals surface area contributed by atoms with Gasteiger partial charge in [-0.15, -0.1) is 10.2 Å². The highest BCUT2D eigenvalue weighted by Gasteiger charge is 2.12. The molecule has 0 saturated carbocycles. The van der Waals surface area contributed by atoms with Gasteiger partial charge in [-0.05, 0) is 24.6 Å². The molecule has 0 aliphatic carbocycles. The van der Waals surface area contributed by atoms with Gasteiger partial charge in [-0.25, -0.2) is 4.68 Å². The zero-order valence-corrected chi connectivity index (χ0v) is 11.6. The lowest BCUT2D eigenvalue weighted by Gasteiger charge is -2.02. The normalized spacial score (nSPS) is 11.1. The Balaban J connectivity index is 1.90. The number of nitrogens with zero attached hydrogens (tertiary/aromatic N) is 5. The Labute approximate surface area is 124 Å². The molecule has 0 unspecified atom stereocenters. The van der Waals surface area contributed by atoms with Gasteiger partial charge in [0, 0.05) is 17.7 Å². The second-order valence-electron chi connectivity index (χ2n) is 4.54. The van der Waals surface area contributed by atoms with Crippen LogP contribution in [0, 0.1) is 17.0 Å². The van der Waals surface area contributed by atoms with Crippen LogP contribution in [0.4, 0.5) is 5.69 Å². The molecule has 2 aromatic heterocycles. The lowest BCUT2D eigenvalue weighted by atomic mass is 10.1. The van der Waals surface area contributed by atoms with Crippen molar-refractivity contribution in [2.24, 2.45) is 5.10 Å². The SMILES string of the molecule is Cc1ccc([N+](=O)[O-])cc1-c1ccc(/C=N\n2cnnc2)o1. The van der Waals surface area contributed by atoms with Crippen LogP contribution in [-0.2, 0) is 0 Å². The zero-order valence-electron chi connectivity index (χ0n) is 11.6. The second-order valence-corrected chi connectivity index (χ2v) is 4.54. The fourth-order valence-electron chi connectivity index (χ4n) is 1.93. The third kappa shape index (κ3) is 2.75. The Morgan fingerprint density at radius 2 is 2.05 bits per heavy atom. The van der Waals surface area contributed by atoms with E-state index in [0.29, 0.717) is 17.1 Å². The molecular formula is C14H11N5O3. The molecule has 3 rings (SSSR count). The minimum atomic E-state index is -0.430. The van der Waals surface area contributed by atoms with Crippen LogP contribution < -0.4 is 0 Å². The Bertz CT molecular complexity index is 836. The molecule has 22 heavy (non-hydrogen) atoms. The van der Waals surface area contributed by atoms with E-state index in [2.05, 4.69) is 15.3 Å². The van der Waals surface area contributed by atoms with Gasteiger partial charge >= 0.3 is 0 Å². The van der Waals surface area contributed by atoms with E-state index in [1.54, 1.807) is 18.2 Å². The van der Waals surface area contributed by atoms with Crippen LogP contribution in [-0.4, -0.2) is 26.0 Å². The predicted octanol–water partition coefficient (Wildman–Crippen LogP) is 2.64. The predicted molar refractivity (Wildman–Crippen MR) is 78.5 cm³/mol. The van der Waals surface area contributed by atoms with Crippen molar-refractivity contribution in [2.75, 3.05) is 0 Å². The summed E-state index contributed by atoms with van der Waals surface area (Å²) in [6, 6.07) is 8.15. The molecule has 0 radical (unpaired) electrons. The third-order valence-electron chi connectivity index (χ3n) is 3.05. The van der Waals surface area contributed by atoms with Crippen LogP contribution in [0.15, 0.2) is 52.5 Å². The summed E-state index contributed by atoms with van der Waals surface area (Å²) in [5.41, 5.74) is 1.59. The van der Waals surface area contributed by atoms with E-state index in [9.17, 15) is 10.1 Å². The third-order valence-corrected chi connectivity index (χ3v) is 3.05. The summed E-state index contributed by atoms with van der Waals surface area (Å²) in [4.78, 5) is 10.4. The van der Waals surface area contributed by atoms with Crippen molar-refractivity contribution in [2.45, 2.75) is 6.92 Å². The van der Waals surface area contributed by atoms with Crippen molar-refractivity contribution in [1.29, 1.82) is 0 Å². The molecule has 0 amide bonds. The molecule has 8 nitrogen and oxygen atoms in total. The lowest BCUT2D eigenvalue weighted by molar-refractivity contribution is -0.384. The number of hydrogen-bond acceptors (Lipinski definition) is 6. The number of non-ortho nitro benzene ring substituents is 1. The summed E-state index contributed by atoms with van der Waals surface area (Å²) in [5, 5.41) is 22.2. The van der Waals surface area contributed by atoms with Crippen LogP contribution in [0.5, 0.6) is 0 Å². The Morgan fingerprint density at radius 3 is 2.77 bits per heavy atom. The van der Waals surface area contributed by atoms with E-state index < -0.39 is 4.92 Å². The maximum atomic E-state index is 10.9. The van der Waals surface area contributed by atoms with Crippen molar-refractivity contribution in [3.05, 3.63) is 64.4 Å². The summed E-state index contributed by atoms with van der Waals surface area (Å²) in [6.07, 6.45) is 4.41.